The number of carbonyl (C=O) groups is 1. The largest absolute Gasteiger partial charge is 0.359 e. The molecular formula is C15H22O2. The second-order valence-electron chi connectivity index (χ2n) is 5.50. The van der Waals surface area contributed by atoms with Crippen molar-refractivity contribution in [3.8, 4) is 0 Å². The summed E-state index contributed by atoms with van der Waals surface area (Å²) in [6.07, 6.45) is 13.4. The van der Waals surface area contributed by atoms with E-state index in [1.165, 1.54) is 19.3 Å². The zero-order valence-electron chi connectivity index (χ0n) is 10.8. The second kappa shape index (κ2) is 5.18. The SMILES string of the molecule is CC(C)[C@H]1OC2(C=CC1=O)C/C=C\CCCC2. The average Bonchev–Trinajstić information content (AvgIpc) is 2.26. The van der Waals surface area contributed by atoms with Crippen LogP contribution in [0.15, 0.2) is 24.3 Å². The van der Waals surface area contributed by atoms with E-state index < -0.39 is 0 Å². The van der Waals surface area contributed by atoms with Crippen LogP contribution in [0.2, 0.25) is 0 Å². The van der Waals surface area contributed by atoms with Crippen molar-refractivity contribution in [2.45, 2.75) is 57.7 Å². The van der Waals surface area contributed by atoms with Gasteiger partial charge in [-0.05, 0) is 50.2 Å². The molecule has 0 aromatic carbocycles. The van der Waals surface area contributed by atoms with Crippen LogP contribution in [0.1, 0.15) is 46.0 Å². The van der Waals surface area contributed by atoms with E-state index in [0.717, 1.165) is 12.8 Å². The highest BCUT2D eigenvalue weighted by Gasteiger charge is 2.37. The minimum Gasteiger partial charge on any atom is -0.359 e. The number of allylic oxidation sites excluding steroid dienone is 1. The number of ether oxygens (including phenoxy) is 1. The van der Waals surface area contributed by atoms with Crippen LogP contribution >= 0.6 is 0 Å². The minimum atomic E-state index is -0.257. The number of ketones is 1. The van der Waals surface area contributed by atoms with Gasteiger partial charge in [-0.25, -0.2) is 0 Å². The van der Waals surface area contributed by atoms with Gasteiger partial charge in [0.2, 0.25) is 0 Å². The maximum atomic E-state index is 11.8. The van der Waals surface area contributed by atoms with E-state index >= 15 is 0 Å². The van der Waals surface area contributed by atoms with E-state index in [1.54, 1.807) is 6.08 Å². The first-order chi connectivity index (χ1) is 8.13. The Labute approximate surface area is 104 Å². The molecule has 2 heteroatoms. The fourth-order valence-electron chi connectivity index (χ4n) is 2.59. The molecule has 1 aliphatic carbocycles. The van der Waals surface area contributed by atoms with E-state index in [9.17, 15) is 4.79 Å². The molecule has 2 atom stereocenters. The molecule has 2 aliphatic rings. The molecule has 1 spiro atoms. The van der Waals surface area contributed by atoms with Crippen molar-refractivity contribution in [1.82, 2.24) is 0 Å². The molecule has 17 heavy (non-hydrogen) atoms. The van der Waals surface area contributed by atoms with Crippen molar-refractivity contribution in [3.63, 3.8) is 0 Å². The van der Waals surface area contributed by atoms with Crippen LogP contribution in [0.3, 0.4) is 0 Å². The molecule has 0 bridgehead atoms. The Hall–Kier alpha value is -0.890. The van der Waals surface area contributed by atoms with Crippen LogP contribution in [0.25, 0.3) is 0 Å². The minimum absolute atomic E-state index is 0.122. The molecule has 0 saturated carbocycles. The highest BCUT2D eigenvalue weighted by molar-refractivity contribution is 5.94. The third kappa shape index (κ3) is 2.86. The second-order valence-corrected chi connectivity index (χ2v) is 5.50. The van der Waals surface area contributed by atoms with Crippen molar-refractivity contribution in [2.75, 3.05) is 0 Å². The molecule has 0 aromatic rings. The lowest BCUT2D eigenvalue weighted by Gasteiger charge is -2.38. The first kappa shape index (κ1) is 12.6. The molecule has 1 heterocycles. The Kier molecular flexibility index (Phi) is 3.82. The van der Waals surface area contributed by atoms with Crippen molar-refractivity contribution < 1.29 is 9.53 Å². The number of carbonyl (C=O) groups excluding carboxylic acids is 1. The standard InChI is InChI=1S/C15H22O2/c1-12(2)14-13(16)8-11-15(17-14)9-6-4-3-5-7-10-15/h4,6,8,11-12,14H,3,5,7,9-10H2,1-2H3/b6-4-/t14-,15?/m1/s1. The molecule has 2 nitrogen and oxygen atoms in total. The Morgan fingerprint density at radius 1 is 1.35 bits per heavy atom. The van der Waals surface area contributed by atoms with Gasteiger partial charge in [-0.3, -0.25) is 4.79 Å². The molecule has 0 aromatic heterocycles. The molecule has 94 valence electrons. The maximum Gasteiger partial charge on any atom is 0.184 e. The lowest BCUT2D eigenvalue weighted by atomic mass is 9.85. The van der Waals surface area contributed by atoms with E-state index in [0.29, 0.717) is 0 Å². The van der Waals surface area contributed by atoms with Crippen LogP contribution in [0, 0.1) is 5.92 Å². The third-order valence-electron chi connectivity index (χ3n) is 3.65. The van der Waals surface area contributed by atoms with Crippen LogP contribution in [-0.2, 0) is 9.53 Å². The summed E-state index contributed by atoms with van der Waals surface area (Å²) in [5.41, 5.74) is -0.222. The predicted octanol–water partition coefficient (Wildman–Crippen LogP) is 3.43. The fourth-order valence-corrected chi connectivity index (χ4v) is 2.59. The fraction of sp³-hybridized carbons (Fsp3) is 0.667. The maximum absolute atomic E-state index is 11.8. The van der Waals surface area contributed by atoms with Gasteiger partial charge < -0.3 is 4.74 Å². The molecule has 0 radical (unpaired) electrons. The van der Waals surface area contributed by atoms with Crippen molar-refractivity contribution in [1.29, 1.82) is 0 Å². The summed E-state index contributed by atoms with van der Waals surface area (Å²) < 4.78 is 6.14. The highest BCUT2D eigenvalue weighted by Crippen LogP contribution is 2.34. The topological polar surface area (TPSA) is 26.3 Å². The van der Waals surface area contributed by atoms with Gasteiger partial charge in [-0.1, -0.05) is 26.0 Å². The molecule has 0 saturated heterocycles. The number of rotatable bonds is 1. The van der Waals surface area contributed by atoms with E-state index in [4.69, 9.17) is 4.74 Å². The summed E-state index contributed by atoms with van der Waals surface area (Å²) in [6, 6.07) is 0. The van der Waals surface area contributed by atoms with Gasteiger partial charge >= 0.3 is 0 Å². The van der Waals surface area contributed by atoms with Gasteiger partial charge in [-0.2, -0.15) is 0 Å². The molecule has 1 aliphatic heterocycles. The highest BCUT2D eigenvalue weighted by atomic mass is 16.5. The molecule has 2 rings (SSSR count). The molecule has 0 N–H and O–H groups in total. The first-order valence-corrected chi connectivity index (χ1v) is 6.69. The normalized spacial score (nSPS) is 35.9. The summed E-state index contributed by atoms with van der Waals surface area (Å²) in [5, 5.41) is 0. The van der Waals surface area contributed by atoms with E-state index in [2.05, 4.69) is 12.2 Å². The Balaban J connectivity index is 2.19. The summed E-state index contributed by atoms with van der Waals surface area (Å²) in [6.45, 7) is 4.10. The summed E-state index contributed by atoms with van der Waals surface area (Å²) >= 11 is 0. The van der Waals surface area contributed by atoms with Crippen molar-refractivity contribution in [3.05, 3.63) is 24.3 Å². The van der Waals surface area contributed by atoms with Gasteiger partial charge in [0.15, 0.2) is 5.78 Å². The lowest BCUT2D eigenvalue weighted by molar-refractivity contribution is -0.145. The summed E-state index contributed by atoms with van der Waals surface area (Å²) in [5.74, 6) is 0.371. The van der Waals surface area contributed by atoms with Gasteiger partial charge in [0, 0.05) is 0 Å². The zero-order chi connectivity index (χ0) is 12.3. The smallest absolute Gasteiger partial charge is 0.184 e. The van der Waals surface area contributed by atoms with E-state index in [1.807, 2.05) is 19.9 Å². The Morgan fingerprint density at radius 2 is 2.18 bits per heavy atom. The Morgan fingerprint density at radius 3 is 2.94 bits per heavy atom. The molecule has 1 unspecified atom stereocenters. The van der Waals surface area contributed by atoms with Crippen molar-refractivity contribution in [2.24, 2.45) is 5.92 Å². The molecule has 0 amide bonds. The van der Waals surface area contributed by atoms with Gasteiger partial charge in [0.25, 0.3) is 0 Å². The van der Waals surface area contributed by atoms with Crippen LogP contribution < -0.4 is 0 Å². The van der Waals surface area contributed by atoms with Crippen LogP contribution in [-0.4, -0.2) is 17.5 Å². The summed E-state index contributed by atoms with van der Waals surface area (Å²) in [7, 11) is 0. The molecular weight excluding hydrogens is 212 g/mol. The van der Waals surface area contributed by atoms with E-state index in [-0.39, 0.29) is 23.4 Å². The zero-order valence-corrected chi connectivity index (χ0v) is 10.8. The van der Waals surface area contributed by atoms with Gasteiger partial charge in [0.1, 0.15) is 6.10 Å². The van der Waals surface area contributed by atoms with Crippen LogP contribution in [0.5, 0.6) is 0 Å². The predicted molar refractivity (Wildman–Crippen MR) is 68.8 cm³/mol. The van der Waals surface area contributed by atoms with Crippen LogP contribution in [0.4, 0.5) is 0 Å². The van der Waals surface area contributed by atoms with Gasteiger partial charge in [-0.15, -0.1) is 0 Å². The monoisotopic (exact) mass is 234 g/mol. The molecule has 0 fully saturated rings. The third-order valence-corrected chi connectivity index (χ3v) is 3.65. The summed E-state index contributed by atoms with van der Waals surface area (Å²) in [4.78, 5) is 11.8. The number of hydrogen-bond donors (Lipinski definition) is 0. The lowest BCUT2D eigenvalue weighted by Crippen LogP contribution is -2.44. The first-order valence-electron chi connectivity index (χ1n) is 6.69. The number of hydrogen-bond acceptors (Lipinski definition) is 2. The Bertz CT molecular complexity index is 341. The average molecular weight is 234 g/mol. The van der Waals surface area contributed by atoms with Gasteiger partial charge in [0.05, 0.1) is 5.60 Å². The quantitative estimate of drug-likeness (QED) is 0.650. The van der Waals surface area contributed by atoms with Crippen molar-refractivity contribution >= 4 is 5.78 Å².